The fourth-order valence-corrected chi connectivity index (χ4v) is 2.56. The first-order chi connectivity index (χ1) is 9.04. The Labute approximate surface area is 113 Å². The summed E-state index contributed by atoms with van der Waals surface area (Å²) in [6.07, 6.45) is 2.91. The zero-order valence-corrected chi connectivity index (χ0v) is 11.4. The van der Waals surface area contributed by atoms with Crippen molar-refractivity contribution in [2.45, 2.75) is 33.1 Å². The highest BCUT2D eigenvalue weighted by Gasteiger charge is 2.21. The number of amides is 1. The Balaban J connectivity index is 1.92. The van der Waals surface area contributed by atoms with E-state index < -0.39 is 0 Å². The Bertz CT molecular complexity index is 496. The molecular weight excluding hydrogens is 242 g/mol. The molecule has 0 heterocycles. The maximum atomic E-state index is 11.0. The van der Waals surface area contributed by atoms with Crippen molar-refractivity contribution in [3.8, 4) is 0 Å². The summed E-state index contributed by atoms with van der Waals surface area (Å²) in [6.45, 7) is 3.44. The maximum Gasteiger partial charge on any atom is 0.302 e. The lowest BCUT2D eigenvalue weighted by Gasteiger charge is -2.08. The number of benzene rings is 1. The number of carbonyl (C=O) groups excluding carboxylic acids is 2. The number of carbonyl (C=O) groups is 2. The molecule has 1 atom stereocenters. The summed E-state index contributed by atoms with van der Waals surface area (Å²) in [5.41, 5.74) is 3.48. The van der Waals surface area contributed by atoms with Crippen LogP contribution in [0.1, 0.15) is 31.4 Å². The van der Waals surface area contributed by atoms with Crippen LogP contribution in [-0.2, 0) is 27.2 Å². The third-order valence-electron chi connectivity index (χ3n) is 3.38. The molecule has 19 heavy (non-hydrogen) atoms. The van der Waals surface area contributed by atoms with Gasteiger partial charge in [-0.15, -0.1) is 0 Å². The zero-order valence-electron chi connectivity index (χ0n) is 11.4. The number of hydrogen-bond acceptors (Lipinski definition) is 3. The normalized spacial score (nSPS) is 16.8. The molecular formula is C15H19NO3. The Morgan fingerprint density at radius 1 is 1.26 bits per heavy atom. The topological polar surface area (TPSA) is 55.4 Å². The lowest BCUT2D eigenvalue weighted by Crippen LogP contribution is -2.07. The fourth-order valence-electron chi connectivity index (χ4n) is 2.56. The molecule has 0 aromatic heterocycles. The van der Waals surface area contributed by atoms with Gasteiger partial charge in [0.05, 0.1) is 6.61 Å². The van der Waals surface area contributed by atoms with E-state index in [1.807, 2.05) is 12.1 Å². The van der Waals surface area contributed by atoms with Crippen LogP contribution in [-0.4, -0.2) is 18.5 Å². The van der Waals surface area contributed by atoms with E-state index in [0.717, 1.165) is 24.9 Å². The van der Waals surface area contributed by atoms with Gasteiger partial charge >= 0.3 is 5.97 Å². The summed E-state index contributed by atoms with van der Waals surface area (Å²) in [5, 5.41) is 2.80. The van der Waals surface area contributed by atoms with Crippen molar-refractivity contribution in [2.24, 2.45) is 5.92 Å². The largest absolute Gasteiger partial charge is 0.466 e. The van der Waals surface area contributed by atoms with Gasteiger partial charge in [0.25, 0.3) is 0 Å². The SMILES string of the molecule is CC(=O)Nc1ccc2c(c1)CC(CCOC(C)=O)C2. The Morgan fingerprint density at radius 2 is 2.00 bits per heavy atom. The third-order valence-corrected chi connectivity index (χ3v) is 3.38. The fraction of sp³-hybridized carbons (Fsp3) is 0.467. The van der Waals surface area contributed by atoms with Crippen LogP contribution in [0.5, 0.6) is 0 Å². The molecule has 1 unspecified atom stereocenters. The van der Waals surface area contributed by atoms with Gasteiger partial charge in [0, 0.05) is 19.5 Å². The van der Waals surface area contributed by atoms with Gasteiger partial charge in [0.1, 0.15) is 0 Å². The number of nitrogens with one attached hydrogen (secondary N) is 1. The van der Waals surface area contributed by atoms with Crippen molar-refractivity contribution in [1.29, 1.82) is 0 Å². The van der Waals surface area contributed by atoms with Gasteiger partial charge in [-0.25, -0.2) is 0 Å². The lowest BCUT2D eigenvalue weighted by molar-refractivity contribution is -0.141. The summed E-state index contributed by atoms with van der Waals surface area (Å²) in [5.74, 6) is 0.259. The van der Waals surface area contributed by atoms with E-state index in [1.165, 1.54) is 25.0 Å². The van der Waals surface area contributed by atoms with Crippen LogP contribution in [0.3, 0.4) is 0 Å². The van der Waals surface area contributed by atoms with Gasteiger partial charge in [-0.2, -0.15) is 0 Å². The number of ether oxygens (including phenoxy) is 1. The van der Waals surface area contributed by atoms with E-state index in [2.05, 4.69) is 11.4 Å². The first-order valence-corrected chi connectivity index (χ1v) is 6.57. The van der Waals surface area contributed by atoms with E-state index in [4.69, 9.17) is 4.74 Å². The number of fused-ring (bicyclic) bond motifs is 1. The Kier molecular flexibility index (Phi) is 4.20. The summed E-state index contributed by atoms with van der Waals surface area (Å²) in [6, 6.07) is 6.06. The molecule has 1 aliphatic rings. The van der Waals surface area contributed by atoms with Gasteiger partial charge in [-0.05, 0) is 48.4 Å². The number of rotatable bonds is 4. The zero-order chi connectivity index (χ0) is 13.8. The molecule has 2 rings (SSSR count). The van der Waals surface area contributed by atoms with E-state index in [-0.39, 0.29) is 11.9 Å². The molecule has 0 bridgehead atoms. The average Bonchev–Trinajstić information content (AvgIpc) is 2.69. The van der Waals surface area contributed by atoms with Crippen molar-refractivity contribution in [2.75, 3.05) is 11.9 Å². The van der Waals surface area contributed by atoms with Crippen LogP contribution in [0.2, 0.25) is 0 Å². The van der Waals surface area contributed by atoms with Gasteiger partial charge in [0.2, 0.25) is 5.91 Å². The van der Waals surface area contributed by atoms with Crippen LogP contribution in [0, 0.1) is 5.92 Å². The second-order valence-electron chi connectivity index (χ2n) is 5.07. The number of hydrogen-bond donors (Lipinski definition) is 1. The minimum absolute atomic E-state index is 0.0515. The van der Waals surface area contributed by atoms with E-state index in [9.17, 15) is 9.59 Å². The molecule has 1 aliphatic carbocycles. The average molecular weight is 261 g/mol. The smallest absolute Gasteiger partial charge is 0.302 e. The minimum Gasteiger partial charge on any atom is -0.466 e. The van der Waals surface area contributed by atoms with Crippen LogP contribution in [0.15, 0.2) is 18.2 Å². The molecule has 0 aliphatic heterocycles. The molecule has 0 fully saturated rings. The van der Waals surface area contributed by atoms with Crippen LogP contribution >= 0.6 is 0 Å². The molecule has 1 aromatic rings. The van der Waals surface area contributed by atoms with Crippen LogP contribution < -0.4 is 5.32 Å². The second-order valence-corrected chi connectivity index (χ2v) is 5.07. The molecule has 0 saturated carbocycles. The Hall–Kier alpha value is -1.84. The first kappa shape index (κ1) is 13.6. The maximum absolute atomic E-state index is 11.0. The highest BCUT2D eigenvalue weighted by atomic mass is 16.5. The van der Waals surface area contributed by atoms with Crippen LogP contribution in [0.25, 0.3) is 0 Å². The van der Waals surface area contributed by atoms with E-state index in [1.54, 1.807) is 0 Å². The van der Waals surface area contributed by atoms with Gasteiger partial charge in [0.15, 0.2) is 0 Å². The standard InChI is InChI=1S/C15H19NO3/c1-10(17)16-15-4-3-13-7-12(8-14(13)9-15)5-6-19-11(2)18/h3-4,9,12H,5-8H2,1-2H3,(H,16,17). The Morgan fingerprint density at radius 3 is 2.68 bits per heavy atom. The van der Waals surface area contributed by atoms with Crippen molar-refractivity contribution < 1.29 is 14.3 Å². The summed E-state index contributed by atoms with van der Waals surface area (Å²) >= 11 is 0. The summed E-state index contributed by atoms with van der Waals surface area (Å²) < 4.78 is 4.98. The van der Waals surface area contributed by atoms with Crippen molar-refractivity contribution in [3.63, 3.8) is 0 Å². The second kappa shape index (κ2) is 5.87. The molecule has 0 spiro atoms. The van der Waals surface area contributed by atoms with Gasteiger partial charge < -0.3 is 10.1 Å². The first-order valence-electron chi connectivity index (χ1n) is 6.57. The molecule has 1 N–H and O–H groups in total. The molecule has 0 radical (unpaired) electrons. The van der Waals surface area contributed by atoms with Crippen molar-refractivity contribution in [1.82, 2.24) is 0 Å². The molecule has 4 heteroatoms. The van der Waals surface area contributed by atoms with Gasteiger partial charge in [-0.1, -0.05) is 6.07 Å². The molecule has 4 nitrogen and oxygen atoms in total. The molecule has 1 amide bonds. The minimum atomic E-state index is -0.219. The molecule has 1 aromatic carbocycles. The predicted molar refractivity (Wildman–Crippen MR) is 72.9 cm³/mol. The van der Waals surface area contributed by atoms with Crippen molar-refractivity contribution >= 4 is 17.6 Å². The van der Waals surface area contributed by atoms with Gasteiger partial charge in [-0.3, -0.25) is 9.59 Å². The monoisotopic (exact) mass is 261 g/mol. The summed E-state index contributed by atoms with van der Waals surface area (Å²) in [7, 11) is 0. The quantitative estimate of drug-likeness (QED) is 0.846. The summed E-state index contributed by atoms with van der Waals surface area (Å²) in [4.78, 5) is 21.7. The molecule has 102 valence electrons. The molecule has 0 saturated heterocycles. The highest BCUT2D eigenvalue weighted by Crippen LogP contribution is 2.30. The third kappa shape index (κ3) is 3.81. The van der Waals surface area contributed by atoms with Crippen molar-refractivity contribution in [3.05, 3.63) is 29.3 Å². The van der Waals surface area contributed by atoms with Crippen LogP contribution in [0.4, 0.5) is 5.69 Å². The predicted octanol–water partition coefficient (Wildman–Crippen LogP) is 2.31. The number of anilines is 1. The van der Waals surface area contributed by atoms with E-state index in [0.29, 0.717) is 12.5 Å². The lowest BCUT2D eigenvalue weighted by atomic mass is 10.0. The van der Waals surface area contributed by atoms with E-state index >= 15 is 0 Å². The highest BCUT2D eigenvalue weighted by molar-refractivity contribution is 5.88. The number of esters is 1.